The molecule has 7 heteroatoms. The highest BCUT2D eigenvalue weighted by Gasteiger charge is 2.32. The van der Waals surface area contributed by atoms with Gasteiger partial charge in [-0.05, 0) is 12.1 Å². The van der Waals surface area contributed by atoms with Crippen LogP contribution in [0.1, 0.15) is 16.8 Å². The van der Waals surface area contributed by atoms with Gasteiger partial charge in [-0.2, -0.15) is 0 Å². The van der Waals surface area contributed by atoms with Crippen molar-refractivity contribution in [3.05, 3.63) is 28.8 Å². The number of anilines is 1. The van der Waals surface area contributed by atoms with Crippen molar-refractivity contribution in [1.29, 1.82) is 0 Å². The van der Waals surface area contributed by atoms with Crippen LogP contribution in [0.5, 0.6) is 0 Å². The van der Waals surface area contributed by atoms with Gasteiger partial charge in [-0.1, -0.05) is 17.7 Å². The van der Waals surface area contributed by atoms with Crippen LogP contribution < -0.4 is 5.32 Å². The molecule has 1 unspecified atom stereocenters. The lowest BCUT2D eigenvalue weighted by Gasteiger charge is -2.13. The van der Waals surface area contributed by atoms with Gasteiger partial charge in [0.15, 0.2) is 0 Å². The van der Waals surface area contributed by atoms with Crippen LogP contribution in [0.3, 0.4) is 0 Å². The molecule has 6 nitrogen and oxygen atoms in total. The molecular formula is C13H13ClN2O4. The van der Waals surface area contributed by atoms with E-state index in [1.807, 2.05) is 0 Å². The van der Waals surface area contributed by atoms with Gasteiger partial charge in [-0.15, -0.1) is 0 Å². The molecule has 2 rings (SSSR count). The summed E-state index contributed by atoms with van der Waals surface area (Å²) in [6.07, 6.45) is 0.130. The second kappa shape index (κ2) is 5.50. The first-order chi connectivity index (χ1) is 9.40. The van der Waals surface area contributed by atoms with Gasteiger partial charge in [-0.25, -0.2) is 4.79 Å². The molecule has 0 saturated carbocycles. The summed E-state index contributed by atoms with van der Waals surface area (Å²) in [5.41, 5.74) is -0.0165. The Morgan fingerprint density at radius 2 is 2.15 bits per heavy atom. The van der Waals surface area contributed by atoms with Crippen molar-refractivity contribution >= 4 is 35.1 Å². The Bertz CT molecular complexity index is 588. The largest absolute Gasteiger partial charge is 0.478 e. The van der Waals surface area contributed by atoms with Gasteiger partial charge < -0.3 is 15.3 Å². The zero-order valence-electron chi connectivity index (χ0n) is 10.7. The fourth-order valence-electron chi connectivity index (χ4n) is 2.12. The first-order valence-corrected chi connectivity index (χ1v) is 6.34. The minimum Gasteiger partial charge on any atom is -0.478 e. The minimum absolute atomic E-state index is 0.0508. The zero-order valence-corrected chi connectivity index (χ0v) is 11.5. The smallest absolute Gasteiger partial charge is 0.339 e. The minimum atomic E-state index is -1.22. The number of amides is 2. The standard InChI is InChI=1S/C13H13ClN2O4/c1-16-6-7(5-10(16)17)12(18)15-9-4-2-3-8(14)11(9)13(19)20/h2-4,7H,5-6H2,1H3,(H,15,18)(H,19,20). The highest BCUT2D eigenvalue weighted by atomic mass is 35.5. The number of aromatic carboxylic acids is 1. The van der Waals surface area contributed by atoms with E-state index in [-0.39, 0.29) is 34.5 Å². The maximum atomic E-state index is 12.1. The maximum absolute atomic E-state index is 12.1. The lowest BCUT2D eigenvalue weighted by atomic mass is 10.1. The summed E-state index contributed by atoms with van der Waals surface area (Å²) >= 11 is 5.82. The van der Waals surface area contributed by atoms with Crippen molar-refractivity contribution in [2.45, 2.75) is 6.42 Å². The Kier molecular flexibility index (Phi) is 3.94. The van der Waals surface area contributed by atoms with Gasteiger partial charge in [0.05, 0.1) is 16.6 Å². The zero-order chi connectivity index (χ0) is 14.9. The maximum Gasteiger partial charge on any atom is 0.339 e. The van der Waals surface area contributed by atoms with Crippen molar-refractivity contribution in [3.63, 3.8) is 0 Å². The number of likely N-dealkylation sites (tertiary alicyclic amines) is 1. The summed E-state index contributed by atoms with van der Waals surface area (Å²) < 4.78 is 0. The summed E-state index contributed by atoms with van der Waals surface area (Å²) in [5, 5.41) is 11.7. The average molecular weight is 297 g/mol. The van der Waals surface area contributed by atoms with Crippen molar-refractivity contribution < 1.29 is 19.5 Å². The summed E-state index contributed by atoms with van der Waals surface area (Å²) in [5.74, 6) is -2.18. The number of benzene rings is 1. The lowest BCUT2D eigenvalue weighted by Crippen LogP contribution is -2.26. The predicted molar refractivity (Wildman–Crippen MR) is 72.8 cm³/mol. The average Bonchev–Trinajstić information content (AvgIpc) is 2.69. The van der Waals surface area contributed by atoms with Gasteiger partial charge in [0, 0.05) is 20.0 Å². The van der Waals surface area contributed by atoms with E-state index in [9.17, 15) is 14.4 Å². The molecule has 1 atom stereocenters. The fraction of sp³-hybridized carbons (Fsp3) is 0.308. The van der Waals surface area contributed by atoms with Crippen LogP contribution in [-0.4, -0.2) is 41.4 Å². The molecule has 0 aromatic heterocycles. The molecule has 1 saturated heterocycles. The third kappa shape index (κ3) is 2.75. The van der Waals surface area contributed by atoms with E-state index in [1.165, 1.54) is 17.0 Å². The Labute approximate surface area is 120 Å². The van der Waals surface area contributed by atoms with E-state index in [0.717, 1.165) is 0 Å². The van der Waals surface area contributed by atoms with Crippen LogP contribution in [0.4, 0.5) is 5.69 Å². The predicted octanol–water partition coefficient (Wildman–Crippen LogP) is 1.45. The van der Waals surface area contributed by atoms with Crippen LogP contribution in [0.25, 0.3) is 0 Å². The van der Waals surface area contributed by atoms with Crippen LogP contribution >= 0.6 is 11.6 Å². The van der Waals surface area contributed by atoms with Crippen molar-refractivity contribution in [1.82, 2.24) is 4.90 Å². The molecule has 0 bridgehead atoms. The van der Waals surface area contributed by atoms with Gasteiger partial charge >= 0.3 is 5.97 Å². The van der Waals surface area contributed by atoms with Gasteiger partial charge in [-0.3, -0.25) is 9.59 Å². The number of rotatable bonds is 3. The Morgan fingerprint density at radius 3 is 2.70 bits per heavy atom. The van der Waals surface area contributed by atoms with Crippen LogP contribution in [0.15, 0.2) is 18.2 Å². The molecule has 106 valence electrons. The van der Waals surface area contributed by atoms with E-state index >= 15 is 0 Å². The molecule has 1 aliphatic rings. The van der Waals surface area contributed by atoms with Crippen LogP contribution in [0.2, 0.25) is 5.02 Å². The second-order valence-electron chi connectivity index (χ2n) is 4.63. The number of halogens is 1. The number of hydrogen-bond donors (Lipinski definition) is 2. The molecule has 0 aliphatic carbocycles. The van der Waals surface area contributed by atoms with Crippen molar-refractivity contribution in [2.24, 2.45) is 5.92 Å². The summed E-state index contributed by atoms with van der Waals surface area (Å²) in [6, 6.07) is 4.46. The summed E-state index contributed by atoms with van der Waals surface area (Å²) in [7, 11) is 1.62. The quantitative estimate of drug-likeness (QED) is 0.884. The second-order valence-corrected chi connectivity index (χ2v) is 5.04. The van der Waals surface area contributed by atoms with Gasteiger partial charge in [0.1, 0.15) is 5.56 Å². The Morgan fingerprint density at radius 1 is 1.45 bits per heavy atom. The number of nitrogens with one attached hydrogen (secondary N) is 1. The molecular weight excluding hydrogens is 284 g/mol. The molecule has 2 N–H and O–H groups in total. The first kappa shape index (κ1) is 14.3. The van der Waals surface area contributed by atoms with Crippen LogP contribution in [0, 0.1) is 5.92 Å². The molecule has 1 heterocycles. The number of nitrogens with zero attached hydrogens (tertiary/aromatic N) is 1. The molecule has 1 fully saturated rings. The Balaban J connectivity index is 2.19. The SMILES string of the molecule is CN1CC(C(=O)Nc2cccc(Cl)c2C(=O)O)CC1=O. The van der Waals surface area contributed by atoms with E-state index in [4.69, 9.17) is 16.7 Å². The van der Waals surface area contributed by atoms with E-state index in [1.54, 1.807) is 13.1 Å². The molecule has 1 aromatic rings. The highest BCUT2D eigenvalue weighted by molar-refractivity contribution is 6.34. The van der Waals surface area contributed by atoms with Gasteiger partial charge in [0.2, 0.25) is 11.8 Å². The molecule has 20 heavy (non-hydrogen) atoms. The molecule has 2 amide bonds. The monoisotopic (exact) mass is 296 g/mol. The van der Waals surface area contributed by atoms with Crippen molar-refractivity contribution in [2.75, 3.05) is 18.9 Å². The van der Waals surface area contributed by atoms with Crippen molar-refractivity contribution in [3.8, 4) is 0 Å². The Hall–Kier alpha value is -2.08. The van der Waals surface area contributed by atoms with Gasteiger partial charge in [0.25, 0.3) is 0 Å². The topological polar surface area (TPSA) is 86.7 Å². The van der Waals surface area contributed by atoms with E-state index in [0.29, 0.717) is 6.54 Å². The lowest BCUT2D eigenvalue weighted by molar-refractivity contribution is -0.127. The number of carboxylic acid groups (broad SMARTS) is 1. The third-order valence-corrected chi connectivity index (χ3v) is 3.51. The fourth-order valence-corrected chi connectivity index (χ4v) is 2.38. The molecule has 0 radical (unpaired) electrons. The molecule has 0 spiro atoms. The van der Waals surface area contributed by atoms with E-state index < -0.39 is 11.9 Å². The molecule has 1 aliphatic heterocycles. The van der Waals surface area contributed by atoms with Crippen LogP contribution in [-0.2, 0) is 9.59 Å². The normalized spacial score (nSPS) is 18.2. The number of carbonyl (C=O) groups is 3. The third-order valence-electron chi connectivity index (χ3n) is 3.20. The van der Waals surface area contributed by atoms with E-state index in [2.05, 4.69) is 5.32 Å². The highest BCUT2D eigenvalue weighted by Crippen LogP contribution is 2.26. The number of hydrogen-bond acceptors (Lipinski definition) is 3. The molecule has 1 aromatic carbocycles. The number of carboxylic acids is 1. The first-order valence-electron chi connectivity index (χ1n) is 5.96. The summed E-state index contributed by atoms with van der Waals surface area (Å²) in [4.78, 5) is 36.1. The number of carbonyl (C=O) groups excluding carboxylic acids is 2. The summed E-state index contributed by atoms with van der Waals surface area (Å²) in [6.45, 7) is 0.327.